The maximum absolute atomic E-state index is 11.2. The molecule has 5 heteroatoms. The Morgan fingerprint density at radius 3 is 2.71 bits per heavy atom. The number of fused-ring (bicyclic) bond motifs is 3. The highest BCUT2D eigenvalue weighted by Crippen LogP contribution is 2.63. The van der Waals surface area contributed by atoms with Crippen molar-refractivity contribution >= 4 is 11.2 Å². The number of imidazole rings is 1. The molecule has 0 saturated heterocycles. The molecule has 1 N–H and O–H groups in total. The Morgan fingerprint density at radius 1 is 1.21 bits per heavy atom. The second-order valence-corrected chi connectivity index (χ2v) is 10.1. The topological polar surface area (TPSA) is 60.2 Å². The van der Waals surface area contributed by atoms with Gasteiger partial charge in [0.05, 0.1) is 11.7 Å². The number of hydrogen-bond acceptors (Lipinski definition) is 4. The lowest BCUT2D eigenvalue weighted by molar-refractivity contribution is -0.260. The highest BCUT2D eigenvalue weighted by atomic mass is 16.5. The minimum Gasteiger partial charge on any atom is -0.387 e. The fourth-order valence-electron chi connectivity index (χ4n) is 6.34. The van der Waals surface area contributed by atoms with Crippen LogP contribution in [0.3, 0.4) is 0 Å². The van der Waals surface area contributed by atoms with Crippen LogP contribution in [-0.2, 0) is 11.3 Å². The van der Waals surface area contributed by atoms with Crippen molar-refractivity contribution in [3.8, 4) is 0 Å². The molecule has 0 aromatic carbocycles. The van der Waals surface area contributed by atoms with Crippen LogP contribution in [0.4, 0.5) is 0 Å². The Hall–Kier alpha value is -1.46. The standard InChI is InChI=1S/C23H33N3O2.H2/c1-22(2)15-12-18(22)23(3,27)19(13-15)28-14-20-25-17-10-7-11-24-21(17)26(20)16-8-5-4-6-9-16;/h7,10-11,15-16,18-19,27H,4-6,8-9,12-14H2,1-3H3;1H/t15-,18-,19+,23-;/m0./s1. The van der Waals surface area contributed by atoms with Gasteiger partial charge in [0.2, 0.25) is 0 Å². The van der Waals surface area contributed by atoms with E-state index in [0.29, 0.717) is 24.5 Å². The third-order valence-electron chi connectivity index (χ3n) is 8.20. The third-order valence-corrected chi connectivity index (χ3v) is 8.20. The first kappa shape index (κ1) is 18.6. The zero-order valence-corrected chi connectivity index (χ0v) is 17.4. The Bertz CT molecular complexity index is 872. The zero-order valence-electron chi connectivity index (χ0n) is 17.4. The number of ether oxygens (including phenoxy) is 1. The lowest BCUT2D eigenvalue weighted by Gasteiger charge is -2.64. The Morgan fingerprint density at radius 2 is 2.00 bits per heavy atom. The van der Waals surface area contributed by atoms with E-state index in [1.807, 2.05) is 25.3 Å². The predicted molar refractivity (Wildman–Crippen MR) is 111 cm³/mol. The number of aliphatic hydroxyl groups is 1. The molecule has 4 saturated carbocycles. The molecule has 6 rings (SSSR count). The Kier molecular flexibility index (Phi) is 4.33. The maximum Gasteiger partial charge on any atom is 0.160 e. The SMILES string of the molecule is CC1(C)[C@@H]2C[C@@H](OCc3nc4cccnc4n3C3CCCCC3)[C@@](C)(O)[C@H]1C2.[HH]. The third kappa shape index (κ3) is 2.73. The Balaban J connectivity index is 0.00000205. The van der Waals surface area contributed by atoms with Crippen molar-refractivity contribution < 1.29 is 11.3 Å². The summed E-state index contributed by atoms with van der Waals surface area (Å²) in [7, 11) is 0. The van der Waals surface area contributed by atoms with Gasteiger partial charge < -0.3 is 14.4 Å². The van der Waals surface area contributed by atoms with E-state index in [0.717, 1.165) is 29.8 Å². The molecule has 28 heavy (non-hydrogen) atoms. The zero-order chi connectivity index (χ0) is 19.5. The highest BCUT2D eigenvalue weighted by molar-refractivity contribution is 5.71. The summed E-state index contributed by atoms with van der Waals surface area (Å²) in [5.74, 6) is 1.94. The summed E-state index contributed by atoms with van der Waals surface area (Å²) < 4.78 is 8.71. The van der Waals surface area contributed by atoms with Crippen LogP contribution in [-0.4, -0.2) is 31.3 Å². The van der Waals surface area contributed by atoms with Crippen molar-refractivity contribution in [1.29, 1.82) is 0 Å². The summed E-state index contributed by atoms with van der Waals surface area (Å²) in [6.45, 7) is 7.02. The smallest absolute Gasteiger partial charge is 0.160 e. The predicted octanol–water partition coefficient (Wildman–Crippen LogP) is 4.88. The van der Waals surface area contributed by atoms with Crippen LogP contribution in [0.1, 0.15) is 79.0 Å². The van der Waals surface area contributed by atoms with E-state index in [2.05, 4.69) is 23.4 Å². The molecule has 0 aliphatic heterocycles. The molecular formula is C23H35N3O2. The molecule has 4 aliphatic carbocycles. The van der Waals surface area contributed by atoms with Gasteiger partial charge in [-0.15, -0.1) is 0 Å². The summed E-state index contributed by atoms with van der Waals surface area (Å²) in [6, 6.07) is 4.46. The van der Waals surface area contributed by atoms with E-state index < -0.39 is 5.60 Å². The van der Waals surface area contributed by atoms with Crippen LogP contribution in [0.15, 0.2) is 18.3 Å². The van der Waals surface area contributed by atoms with Crippen LogP contribution >= 0.6 is 0 Å². The van der Waals surface area contributed by atoms with Gasteiger partial charge in [-0.05, 0) is 62.0 Å². The molecule has 0 spiro atoms. The fourth-order valence-corrected chi connectivity index (χ4v) is 6.34. The molecule has 0 unspecified atom stereocenters. The lowest BCUT2D eigenvalue weighted by atomic mass is 9.43. The average molecular weight is 386 g/mol. The van der Waals surface area contributed by atoms with Crippen molar-refractivity contribution in [2.24, 2.45) is 17.3 Å². The summed E-state index contributed by atoms with van der Waals surface area (Å²) >= 11 is 0. The molecule has 154 valence electrons. The van der Waals surface area contributed by atoms with Crippen LogP contribution in [0.2, 0.25) is 0 Å². The van der Waals surface area contributed by atoms with Gasteiger partial charge >= 0.3 is 0 Å². The van der Waals surface area contributed by atoms with Crippen molar-refractivity contribution in [1.82, 2.24) is 14.5 Å². The number of pyridine rings is 1. The molecule has 5 nitrogen and oxygen atoms in total. The van der Waals surface area contributed by atoms with Gasteiger partial charge in [0.25, 0.3) is 0 Å². The number of rotatable bonds is 4. The Labute approximate surface area is 169 Å². The number of hydrogen-bond donors (Lipinski definition) is 1. The molecule has 0 amide bonds. The van der Waals surface area contributed by atoms with Gasteiger partial charge in [-0.3, -0.25) is 0 Å². The van der Waals surface area contributed by atoms with E-state index >= 15 is 0 Å². The first-order chi connectivity index (χ1) is 13.4. The van der Waals surface area contributed by atoms with E-state index in [1.165, 1.54) is 32.1 Å². The largest absolute Gasteiger partial charge is 0.387 e. The van der Waals surface area contributed by atoms with Gasteiger partial charge in [-0.25, -0.2) is 9.97 Å². The second-order valence-electron chi connectivity index (χ2n) is 10.1. The molecule has 2 bridgehead atoms. The monoisotopic (exact) mass is 385 g/mol. The van der Waals surface area contributed by atoms with Gasteiger partial charge in [-0.1, -0.05) is 33.1 Å². The minimum absolute atomic E-state index is 0. The van der Waals surface area contributed by atoms with Crippen molar-refractivity contribution in [2.45, 2.75) is 90.1 Å². The molecule has 4 fully saturated rings. The normalized spacial score (nSPS) is 35.1. The molecule has 4 atom stereocenters. The van der Waals surface area contributed by atoms with E-state index in [4.69, 9.17) is 9.72 Å². The van der Waals surface area contributed by atoms with Gasteiger partial charge in [0, 0.05) is 13.7 Å². The van der Waals surface area contributed by atoms with Gasteiger partial charge in [0.1, 0.15) is 17.9 Å². The molecule has 2 aromatic heterocycles. The maximum atomic E-state index is 11.2. The lowest BCUT2D eigenvalue weighted by Crippen LogP contribution is -2.66. The van der Waals surface area contributed by atoms with Crippen LogP contribution in [0.5, 0.6) is 0 Å². The highest BCUT2D eigenvalue weighted by Gasteiger charge is 2.63. The summed E-state index contributed by atoms with van der Waals surface area (Å²) in [5, 5.41) is 11.2. The minimum atomic E-state index is -0.766. The van der Waals surface area contributed by atoms with E-state index in [9.17, 15) is 5.11 Å². The summed E-state index contributed by atoms with van der Waals surface area (Å²) in [5.41, 5.74) is 1.39. The molecule has 2 heterocycles. The van der Waals surface area contributed by atoms with E-state index in [-0.39, 0.29) is 12.9 Å². The van der Waals surface area contributed by atoms with Crippen LogP contribution < -0.4 is 0 Å². The first-order valence-electron chi connectivity index (χ1n) is 11.0. The quantitative estimate of drug-likeness (QED) is 0.814. The first-order valence-corrected chi connectivity index (χ1v) is 11.0. The number of nitrogens with zero attached hydrogens (tertiary/aromatic N) is 3. The summed E-state index contributed by atoms with van der Waals surface area (Å²) in [6.07, 6.45) is 10.1. The van der Waals surface area contributed by atoms with Crippen molar-refractivity contribution in [2.75, 3.05) is 0 Å². The van der Waals surface area contributed by atoms with Crippen molar-refractivity contribution in [3.05, 3.63) is 24.2 Å². The van der Waals surface area contributed by atoms with Crippen LogP contribution in [0.25, 0.3) is 11.2 Å². The van der Waals surface area contributed by atoms with Crippen LogP contribution in [0, 0.1) is 17.3 Å². The second kappa shape index (κ2) is 6.53. The van der Waals surface area contributed by atoms with E-state index in [1.54, 1.807) is 0 Å². The van der Waals surface area contributed by atoms with Gasteiger partial charge in [-0.2, -0.15) is 0 Å². The van der Waals surface area contributed by atoms with Crippen molar-refractivity contribution in [3.63, 3.8) is 0 Å². The average Bonchev–Trinajstić information content (AvgIpc) is 3.05. The number of aromatic nitrogens is 3. The molecule has 2 aromatic rings. The molecule has 0 radical (unpaired) electrons. The molecular weight excluding hydrogens is 350 g/mol. The fraction of sp³-hybridized carbons (Fsp3) is 0.739. The van der Waals surface area contributed by atoms with Gasteiger partial charge in [0.15, 0.2) is 5.65 Å². The molecule has 4 aliphatic rings. The summed E-state index contributed by atoms with van der Waals surface area (Å²) in [4.78, 5) is 9.51.